The minimum atomic E-state index is -1.11. The highest BCUT2D eigenvalue weighted by molar-refractivity contribution is 6.30. The number of nitrogens with one attached hydrogen (secondary N) is 1. The Labute approximate surface area is 206 Å². The smallest absolute Gasteiger partial charge is 0.251 e. The van der Waals surface area contributed by atoms with Gasteiger partial charge in [0, 0.05) is 34.7 Å². The molecule has 1 heterocycles. The number of hydrogen-bond donors (Lipinski definition) is 2. The Kier molecular flexibility index (Phi) is 7.53. The van der Waals surface area contributed by atoms with Crippen LogP contribution in [0.25, 0.3) is 0 Å². The second-order valence-electron chi connectivity index (χ2n) is 10.1. The molecule has 3 rings (SSSR count). The van der Waals surface area contributed by atoms with Gasteiger partial charge in [-0.15, -0.1) is 0 Å². The molecule has 182 valence electrons. The summed E-state index contributed by atoms with van der Waals surface area (Å²) in [6.45, 7) is 9.79. The highest BCUT2D eigenvalue weighted by atomic mass is 35.5. The Balaban J connectivity index is 1.78. The number of ketones is 1. The van der Waals surface area contributed by atoms with Crippen molar-refractivity contribution in [3.05, 3.63) is 70.2 Å². The monoisotopic (exact) mass is 484 g/mol. The van der Waals surface area contributed by atoms with Crippen molar-refractivity contribution in [1.29, 1.82) is 0 Å². The third-order valence-corrected chi connectivity index (χ3v) is 7.09. The maximum absolute atomic E-state index is 13.5. The zero-order valence-electron chi connectivity index (χ0n) is 20.4. The van der Waals surface area contributed by atoms with Gasteiger partial charge in [-0.2, -0.15) is 0 Å². The van der Waals surface area contributed by atoms with Crippen LogP contribution in [0.2, 0.25) is 5.02 Å². The standard InChI is InChI=1S/C27H33ClN2O4/c1-17(2)23(29-24(32)20-8-6-7-19(15-20)18(3)31)25(33)30-14-13-27(34,26(4,5)16-30)21-9-11-22(28)12-10-21/h6-12,15,17,23,34H,13-14,16H2,1-5H3,(H,29,32)/t23-,27+/m1/s1. The third kappa shape index (κ3) is 5.18. The first-order valence-electron chi connectivity index (χ1n) is 11.5. The van der Waals surface area contributed by atoms with Crippen molar-refractivity contribution in [3.8, 4) is 0 Å². The van der Waals surface area contributed by atoms with Gasteiger partial charge in [0.15, 0.2) is 5.78 Å². The lowest BCUT2D eigenvalue weighted by Gasteiger charge is -2.51. The van der Waals surface area contributed by atoms with E-state index in [0.717, 1.165) is 5.56 Å². The van der Waals surface area contributed by atoms with Gasteiger partial charge in [0.25, 0.3) is 5.91 Å². The van der Waals surface area contributed by atoms with Crippen molar-refractivity contribution in [3.63, 3.8) is 0 Å². The van der Waals surface area contributed by atoms with Crippen LogP contribution in [0.5, 0.6) is 0 Å². The maximum atomic E-state index is 13.5. The minimum Gasteiger partial charge on any atom is -0.384 e. The molecule has 2 aromatic carbocycles. The summed E-state index contributed by atoms with van der Waals surface area (Å²) in [5, 5.41) is 15.1. The molecule has 34 heavy (non-hydrogen) atoms. The number of nitrogens with zero attached hydrogens (tertiary/aromatic N) is 1. The predicted molar refractivity (Wildman–Crippen MR) is 133 cm³/mol. The molecule has 0 spiro atoms. The molecule has 6 nitrogen and oxygen atoms in total. The number of aliphatic hydroxyl groups is 1. The second kappa shape index (κ2) is 9.88. The van der Waals surface area contributed by atoms with Crippen molar-refractivity contribution in [1.82, 2.24) is 10.2 Å². The van der Waals surface area contributed by atoms with Crippen LogP contribution in [0.3, 0.4) is 0 Å². The topological polar surface area (TPSA) is 86.7 Å². The van der Waals surface area contributed by atoms with Crippen molar-refractivity contribution in [2.75, 3.05) is 13.1 Å². The number of halogens is 1. The number of carbonyl (C=O) groups is 3. The second-order valence-corrected chi connectivity index (χ2v) is 10.5. The molecule has 1 fully saturated rings. The number of amides is 2. The molecule has 0 saturated carbocycles. The van der Waals surface area contributed by atoms with Crippen molar-refractivity contribution < 1.29 is 19.5 Å². The lowest BCUT2D eigenvalue weighted by molar-refractivity contribution is -0.155. The first-order valence-corrected chi connectivity index (χ1v) is 11.9. The summed E-state index contributed by atoms with van der Waals surface area (Å²) in [4.78, 5) is 39.8. The van der Waals surface area contributed by atoms with Crippen LogP contribution in [0, 0.1) is 11.3 Å². The largest absolute Gasteiger partial charge is 0.384 e. The van der Waals surface area contributed by atoms with Gasteiger partial charge in [0.1, 0.15) is 6.04 Å². The van der Waals surface area contributed by atoms with E-state index in [9.17, 15) is 19.5 Å². The molecule has 7 heteroatoms. The van der Waals surface area contributed by atoms with Gasteiger partial charge in [-0.25, -0.2) is 0 Å². The molecule has 0 aliphatic carbocycles. The van der Waals surface area contributed by atoms with Crippen LogP contribution in [0.15, 0.2) is 48.5 Å². The van der Waals surface area contributed by atoms with Gasteiger partial charge in [-0.1, -0.05) is 63.6 Å². The van der Waals surface area contributed by atoms with E-state index < -0.39 is 23.0 Å². The van der Waals surface area contributed by atoms with Crippen LogP contribution in [-0.4, -0.2) is 46.7 Å². The van der Waals surface area contributed by atoms with E-state index in [2.05, 4.69) is 5.32 Å². The molecule has 2 N–H and O–H groups in total. The molecule has 1 saturated heterocycles. The number of piperidine rings is 1. The van der Waals surface area contributed by atoms with Crippen LogP contribution in [0.1, 0.15) is 67.3 Å². The van der Waals surface area contributed by atoms with E-state index in [4.69, 9.17) is 11.6 Å². The molecule has 2 aromatic rings. The fraction of sp³-hybridized carbons (Fsp3) is 0.444. The highest BCUT2D eigenvalue weighted by Gasteiger charge is 2.50. The van der Waals surface area contributed by atoms with E-state index >= 15 is 0 Å². The quantitative estimate of drug-likeness (QED) is 0.593. The number of Topliss-reactive ketones (excluding diaryl/α,β-unsaturated/α-hetero) is 1. The summed E-state index contributed by atoms with van der Waals surface area (Å²) in [7, 11) is 0. The molecule has 2 atom stereocenters. The van der Waals surface area contributed by atoms with Gasteiger partial charge in [-0.3, -0.25) is 14.4 Å². The van der Waals surface area contributed by atoms with E-state index in [1.165, 1.54) is 13.0 Å². The fourth-order valence-electron chi connectivity index (χ4n) is 4.59. The van der Waals surface area contributed by atoms with Crippen LogP contribution in [-0.2, 0) is 10.4 Å². The lowest BCUT2D eigenvalue weighted by atomic mass is 9.66. The molecule has 0 bridgehead atoms. The Morgan fingerprint density at radius 3 is 2.24 bits per heavy atom. The normalized spacial score (nSPS) is 20.6. The predicted octanol–water partition coefficient (Wildman–Crippen LogP) is 4.44. The molecular formula is C27H33ClN2O4. The van der Waals surface area contributed by atoms with Gasteiger partial charge >= 0.3 is 0 Å². The summed E-state index contributed by atoms with van der Waals surface area (Å²) >= 11 is 6.02. The molecule has 0 unspecified atom stereocenters. The van der Waals surface area contributed by atoms with Crippen LogP contribution >= 0.6 is 11.6 Å². The van der Waals surface area contributed by atoms with Gasteiger partial charge in [-0.05, 0) is 49.1 Å². The molecule has 2 amide bonds. The molecule has 1 aliphatic heterocycles. The first kappa shape index (κ1) is 25.9. The van der Waals surface area contributed by atoms with E-state index in [1.807, 2.05) is 39.8 Å². The van der Waals surface area contributed by atoms with E-state index in [-0.39, 0.29) is 17.6 Å². The summed E-state index contributed by atoms with van der Waals surface area (Å²) < 4.78 is 0. The average Bonchev–Trinajstić information content (AvgIpc) is 2.78. The molecule has 1 aliphatic rings. The molecule has 0 radical (unpaired) electrons. The molecular weight excluding hydrogens is 452 g/mol. The summed E-state index contributed by atoms with van der Waals surface area (Å²) in [6, 6.07) is 12.9. The fourth-order valence-corrected chi connectivity index (χ4v) is 4.71. The van der Waals surface area contributed by atoms with Crippen LogP contribution in [0.4, 0.5) is 0 Å². The summed E-state index contributed by atoms with van der Waals surface area (Å²) in [6.07, 6.45) is 0.368. The van der Waals surface area contributed by atoms with Crippen molar-refractivity contribution in [2.45, 2.75) is 52.7 Å². The third-order valence-electron chi connectivity index (χ3n) is 6.83. The minimum absolute atomic E-state index is 0.130. The van der Waals surface area contributed by atoms with E-state index in [1.54, 1.807) is 35.2 Å². The Bertz CT molecular complexity index is 1080. The summed E-state index contributed by atoms with van der Waals surface area (Å²) in [5.74, 6) is -0.858. The average molecular weight is 485 g/mol. The highest BCUT2D eigenvalue weighted by Crippen LogP contribution is 2.46. The molecule has 0 aromatic heterocycles. The first-order chi connectivity index (χ1) is 15.9. The number of benzene rings is 2. The lowest BCUT2D eigenvalue weighted by Crippen LogP contribution is -2.60. The van der Waals surface area contributed by atoms with Crippen LogP contribution < -0.4 is 5.32 Å². The number of rotatable bonds is 6. The van der Waals surface area contributed by atoms with Gasteiger partial charge in [0.2, 0.25) is 5.91 Å². The van der Waals surface area contributed by atoms with Gasteiger partial charge < -0.3 is 15.3 Å². The summed E-state index contributed by atoms with van der Waals surface area (Å²) in [5.41, 5.74) is -0.191. The number of carbonyl (C=O) groups excluding carboxylic acids is 3. The van der Waals surface area contributed by atoms with Crippen molar-refractivity contribution >= 4 is 29.2 Å². The Morgan fingerprint density at radius 1 is 1.06 bits per heavy atom. The number of hydrogen-bond acceptors (Lipinski definition) is 4. The van der Waals surface area contributed by atoms with E-state index in [0.29, 0.717) is 35.7 Å². The number of likely N-dealkylation sites (tertiary alicyclic amines) is 1. The Hall–Kier alpha value is -2.70. The Morgan fingerprint density at radius 2 is 1.68 bits per heavy atom. The van der Waals surface area contributed by atoms with Gasteiger partial charge in [0.05, 0.1) is 5.60 Å². The zero-order valence-corrected chi connectivity index (χ0v) is 21.1. The van der Waals surface area contributed by atoms with Crippen molar-refractivity contribution in [2.24, 2.45) is 11.3 Å². The maximum Gasteiger partial charge on any atom is 0.251 e. The zero-order chi connectivity index (χ0) is 25.3. The SMILES string of the molecule is CC(=O)c1cccc(C(=O)N[C@@H](C(=O)N2CC[C@](O)(c3ccc(Cl)cc3)C(C)(C)C2)C(C)C)c1.